The minimum absolute atomic E-state index is 0.0234. The molecule has 0 spiro atoms. The van der Waals surface area contributed by atoms with Crippen molar-refractivity contribution in [3.8, 4) is 21.7 Å². The number of halogens is 1. The molecule has 11 heteroatoms. The molecular formula is C23H21ClN6O3S. The van der Waals surface area contributed by atoms with Crippen LogP contribution < -0.4 is 16.0 Å². The first-order valence-corrected chi connectivity index (χ1v) is 11.8. The Bertz CT molecular complexity index is 1340. The van der Waals surface area contributed by atoms with E-state index in [0.717, 1.165) is 27.3 Å². The Labute approximate surface area is 204 Å². The van der Waals surface area contributed by atoms with Crippen molar-refractivity contribution >= 4 is 52.4 Å². The number of hydrogen-bond donors (Lipinski definition) is 3. The van der Waals surface area contributed by atoms with Gasteiger partial charge in [0.1, 0.15) is 5.54 Å². The highest BCUT2D eigenvalue weighted by atomic mass is 35.5. The molecule has 2 aliphatic heterocycles. The van der Waals surface area contributed by atoms with E-state index in [0.29, 0.717) is 35.5 Å². The van der Waals surface area contributed by atoms with Crippen LogP contribution in [0.3, 0.4) is 0 Å². The molecule has 4 heterocycles. The Morgan fingerprint density at radius 2 is 2.00 bits per heavy atom. The Kier molecular flexibility index (Phi) is 5.49. The van der Waals surface area contributed by atoms with Crippen molar-refractivity contribution in [2.75, 3.05) is 23.7 Å². The van der Waals surface area contributed by atoms with E-state index in [-0.39, 0.29) is 11.8 Å². The fourth-order valence-electron chi connectivity index (χ4n) is 4.04. The summed E-state index contributed by atoms with van der Waals surface area (Å²) in [7, 11) is 0. The van der Waals surface area contributed by atoms with Gasteiger partial charge in [-0.15, -0.1) is 11.3 Å². The summed E-state index contributed by atoms with van der Waals surface area (Å²) in [4.78, 5) is 47.4. The number of nitrogens with one attached hydrogen (secondary N) is 3. The summed E-state index contributed by atoms with van der Waals surface area (Å²) in [5.74, 6) is 0.0479. The van der Waals surface area contributed by atoms with E-state index in [1.165, 1.54) is 16.2 Å². The summed E-state index contributed by atoms with van der Waals surface area (Å²) in [6.45, 7) is 4.08. The highest BCUT2D eigenvalue weighted by molar-refractivity contribution is 7.19. The Morgan fingerprint density at radius 3 is 2.71 bits per heavy atom. The fourth-order valence-corrected chi connectivity index (χ4v) is 5.09. The highest BCUT2D eigenvalue weighted by Gasteiger charge is 2.45. The standard InChI is InChI=1S/C23H21ClN6O3S/c1-23(2)20(32)29-22(33)30(23)8-7-25-21-26-11-14(19(28-21)16-5-6-17(24)34-16)12-3-4-13-10-18(31)27-15(13)9-12/h3-6,9,11H,7-8,10H2,1-2H3,(H,27,31)(H,25,26,28)(H,29,32,33). The lowest BCUT2D eigenvalue weighted by molar-refractivity contribution is -0.125. The minimum Gasteiger partial charge on any atom is -0.352 e. The van der Waals surface area contributed by atoms with Crippen LogP contribution >= 0.6 is 22.9 Å². The van der Waals surface area contributed by atoms with Crippen LogP contribution in [-0.4, -0.2) is 51.3 Å². The molecule has 1 saturated heterocycles. The van der Waals surface area contributed by atoms with E-state index in [2.05, 4.69) is 20.9 Å². The zero-order valence-corrected chi connectivity index (χ0v) is 20.0. The number of hydrogen-bond acceptors (Lipinski definition) is 7. The predicted molar refractivity (Wildman–Crippen MR) is 131 cm³/mol. The van der Waals surface area contributed by atoms with Gasteiger partial charge in [0, 0.05) is 30.5 Å². The van der Waals surface area contributed by atoms with Crippen molar-refractivity contribution < 1.29 is 14.4 Å². The molecule has 5 rings (SSSR count). The SMILES string of the molecule is CC1(C)C(=O)NC(=O)N1CCNc1ncc(-c2ccc3c(c2)NC(=O)C3)c(-c2ccc(Cl)s2)n1. The number of aromatic nitrogens is 2. The maximum Gasteiger partial charge on any atom is 0.325 e. The van der Waals surface area contributed by atoms with Gasteiger partial charge >= 0.3 is 6.03 Å². The number of anilines is 2. The zero-order valence-electron chi connectivity index (χ0n) is 18.4. The van der Waals surface area contributed by atoms with E-state index in [1.54, 1.807) is 20.0 Å². The average molecular weight is 497 g/mol. The summed E-state index contributed by atoms with van der Waals surface area (Å²) in [6.07, 6.45) is 2.10. The Balaban J connectivity index is 1.41. The highest BCUT2D eigenvalue weighted by Crippen LogP contribution is 2.38. The van der Waals surface area contributed by atoms with Crippen LogP contribution in [0.1, 0.15) is 19.4 Å². The molecule has 2 aromatic heterocycles. The summed E-state index contributed by atoms with van der Waals surface area (Å²) in [5, 5.41) is 8.36. The normalized spacial score (nSPS) is 16.4. The monoisotopic (exact) mass is 496 g/mol. The van der Waals surface area contributed by atoms with Crippen molar-refractivity contribution in [1.82, 2.24) is 20.2 Å². The molecule has 0 saturated carbocycles. The van der Waals surface area contributed by atoms with Gasteiger partial charge in [-0.2, -0.15) is 0 Å². The first-order chi connectivity index (χ1) is 16.2. The number of fused-ring (bicyclic) bond motifs is 1. The summed E-state index contributed by atoms with van der Waals surface area (Å²) >= 11 is 7.60. The maximum absolute atomic E-state index is 12.1. The van der Waals surface area contributed by atoms with E-state index in [1.807, 2.05) is 30.3 Å². The van der Waals surface area contributed by atoms with Crippen molar-refractivity contribution in [3.63, 3.8) is 0 Å². The summed E-state index contributed by atoms with van der Waals surface area (Å²) in [6, 6.07) is 9.12. The second kappa shape index (κ2) is 8.37. The van der Waals surface area contributed by atoms with Gasteiger partial charge in [-0.25, -0.2) is 14.8 Å². The lowest BCUT2D eigenvalue weighted by atomic mass is 10.0. The topological polar surface area (TPSA) is 116 Å². The molecule has 0 radical (unpaired) electrons. The second-order valence-corrected chi connectivity index (χ2v) is 10.3. The lowest BCUT2D eigenvalue weighted by Crippen LogP contribution is -2.46. The van der Waals surface area contributed by atoms with Gasteiger partial charge < -0.3 is 15.5 Å². The molecule has 3 N–H and O–H groups in total. The number of urea groups is 1. The van der Waals surface area contributed by atoms with Crippen molar-refractivity contribution in [3.05, 3.63) is 46.4 Å². The minimum atomic E-state index is -0.911. The number of thiophene rings is 1. The molecule has 4 amide bonds. The average Bonchev–Trinajstić information content (AvgIpc) is 3.44. The molecular weight excluding hydrogens is 476 g/mol. The zero-order chi connectivity index (χ0) is 24.0. The van der Waals surface area contributed by atoms with Gasteiger partial charge in [0.15, 0.2) is 0 Å². The van der Waals surface area contributed by atoms with Crippen molar-refractivity contribution in [2.45, 2.75) is 25.8 Å². The number of amides is 4. The fraction of sp³-hybridized carbons (Fsp3) is 0.261. The van der Waals surface area contributed by atoms with E-state index >= 15 is 0 Å². The Hall–Kier alpha value is -3.50. The van der Waals surface area contributed by atoms with Crippen molar-refractivity contribution in [1.29, 1.82) is 0 Å². The molecule has 174 valence electrons. The second-order valence-electron chi connectivity index (χ2n) is 8.55. The van der Waals surface area contributed by atoms with E-state index in [4.69, 9.17) is 16.6 Å². The van der Waals surface area contributed by atoms with Gasteiger partial charge in [-0.3, -0.25) is 14.9 Å². The predicted octanol–water partition coefficient (Wildman–Crippen LogP) is 3.76. The van der Waals surface area contributed by atoms with Gasteiger partial charge in [-0.05, 0) is 43.2 Å². The van der Waals surface area contributed by atoms with Gasteiger partial charge in [0.2, 0.25) is 11.9 Å². The number of benzene rings is 1. The van der Waals surface area contributed by atoms with Crippen LogP contribution in [0.4, 0.5) is 16.4 Å². The third kappa shape index (κ3) is 3.99. The largest absolute Gasteiger partial charge is 0.352 e. The number of nitrogens with zero attached hydrogens (tertiary/aromatic N) is 3. The first kappa shape index (κ1) is 22.3. The van der Waals surface area contributed by atoms with Gasteiger partial charge in [0.25, 0.3) is 5.91 Å². The van der Waals surface area contributed by atoms with Crippen molar-refractivity contribution in [2.24, 2.45) is 0 Å². The van der Waals surface area contributed by atoms with E-state index < -0.39 is 11.6 Å². The maximum atomic E-state index is 12.1. The third-order valence-corrected chi connectivity index (χ3v) is 7.19. The molecule has 2 aliphatic rings. The quantitative estimate of drug-likeness (QED) is 0.447. The lowest BCUT2D eigenvalue weighted by Gasteiger charge is -2.27. The van der Waals surface area contributed by atoms with Crippen LogP contribution in [0.25, 0.3) is 21.7 Å². The number of rotatable bonds is 6. The molecule has 3 aromatic rings. The van der Waals surface area contributed by atoms with Crippen LogP contribution in [-0.2, 0) is 16.0 Å². The molecule has 34 heavy (non-hydrogen) atoms. The Morgan fingerprint density at radius 1 is 1.18 bits per heavy atom. The van der Waals surface area contributed by atoms with Crippen LogP contribution in [0.15, 0.2) is 36.5 Å². The van der Waals surface area contributed by atoms with Crippen LogP contribution in [0.5, 0.6) is 0 Å². The first-order valence-electron chi connectivity index (χ1n) is 10.7. The molecule has 0 atom stereocenters. The van der Waals surface area contributed by atoms with Gasteiger partial charge in [-0.1, -0.05) is 23.7 Å². The number of carbonyl (C=O) groups excluding carboxylic acids is 3. The van der Waals surface area contributed by atoms with E-state index in [9.17, 15) is 14.4 Å². The molecule has 9 nitrogen and oxygen atoms in total. The molecule has 1 aromatic carbocycles. The number of imide groups is 1. The van der Waals surface area contributed by atoms with Crippen LogP contribution in [0, 0.1) is 0 Å². The smallest absolute Gasteiger partial charge is 0.325 e. The molecule has 0 unspecified atom stereocenters. The van der Waals surface area contributed by atoms with Crippen LogP contribution in [0.2, 0.25) is 4.34 Å². The summed E-state index contributed by atoms with van der Waals surface area (Å²) < 4.78 is 0.641. The molecule has 1 fully saturated rings. The molecule has 0 aliphatic carbocycles. The summed E-state index contributed by atoms with van der Waals surface area (Å²) in [5.41, 5.74) is 3.22. The molecule has 0 bridgehead atoms. The third-order valence-electron chi connectivity index (χ3n) is 5.96. The van der Waals surface area contributed by atoms with Gasteiger partial charge in [0.05, 0.1) is 21.3 Å². The number of carbonyl (C=O) groups is 3.